The molecule has 196 valence electrons. The van der Waals surface area contributed by atoms with E-state index in [-0.39, 0.29) is 23.7 Å². The zero-order chi connectivity index (χ0) is 27.2. The minimum Gasteiger partial charge on any atom is -0.446 e. The summed E-state index contributed by atoms with van der Waals surface area (Å²) >= 11 is 0. The highest BCUT2D eigenvalue weighted by molar-refractivity contribution is 5.91. The number of primary amides is 1. The van der Waals surface area contributed by atoms with E-state index in [4.69, 9.17) is 10.5 Å². The third-order valence-electron chi connectivity index (χ3n) is 5.90. The van der Waals surface area contributed by atoms with Gasteiger partial charge in [0.25, 0.3) is 0 Å². The van der Waals surface area contributed by atoms with E-state index < -0.39 is 70.8 Å². The average Bonchev–Trinajstić information content (AvgIpc) is 2.72. The summed E-state index contributed by atoms with van der Waals surface area (Å²) in [4.78, 5) is 26.5. The molecule has 12 heteroatoms. The highest BCUT2D eigenvalue weighted by Gasteiger charge is 2.43. The largest absolute Gasteiger partial charge is 0.446 e. The first-order chi connectivity index (χ1) is 16.5. The predicted molar refractivity (Wildman–Crippen MR) is 116 cm³/mol. The van der Waals surface area contributed by atoms with Gasteiger partial charge in [0.1, 0.15) is 5.82 Å². The van der Waals surface area contributed by atoms with Gasteiger partial charge >= 0.3 is 18.4 Å². The molecule has 3 atom stereocenters. The summed E-state index contributed by atoms with van der Waals surface area (Å²) in [7, 11) is 0. The maximum atomic E-state index is 14.3. The molecular weight excluding hydrogens is 497 g/mol. The number of amides is 2. The quantitative estimate of drug-likeness (QED) is 0.477. The molecule has 0 saturated heterocycles. The molecule has 0 radical (unpaired) electrons. The monoisotopic (exact) mass is 520 g/mol. The lowest BCUT2D eigenvalue weighted by Crippen LogP contribution is -2.46. The predicted octanol–water partition coefficient (Wildman–Crippen LogP) is 6.36. The molecule has 0 spiro atoms. The van der Waals surface area contributed by atoms with Crippen molar-refractivity contribution in [3.05, 3.63) is 64.5 Å². The van der Waals surface area contributed by atoms with Crippen LogP contribution >= 0.6 is 0 Å². The van der Waals surface area contributed by atoms with Crippen LogP contribution in [0.3, 0.4) is 0 Å². The lowest BCUT2D eigenvalue weighted by Gasteiger charge is -2.41. The molecule has 2 aromatic rings. The van der Waals surface area contributed by atoms with E-state index in [0.29, 0.717) is 12.1 Å². The zero-order valence-electron chi connectivity index (χ0n) is 19.4. The van der Waals surface area contributed by atoms with Crippen LogP contribution in [0.15, 0.2) is 36.4 Å². The van der Waals surface area contributed by atoms with E-state index in [9.17, 15) is 40.3 Å². The minimum atomic E-state index is -5.14. The average molecular weight is 520 g/mol. The van der Waals surface area contributed by atoms with Crippen molar-refractivity contribution >= 4 is 17.7 Å². The van der Waals surface area contributed by atoms with Crippen LogP contribution in [-0.4, -0.2) is 24.1 Å². The number of benzene rings is 2. The lowest BCUT2D eigenvalue weighted by atomic mass is 9.74. The number of carbonyl (C=O) groups excluding carboxylic acids is 2. The first-order valence-electron chi connectivity index (χ1n) is 10.9. The van der Waals surface area contributed by atoms with E-state index in [2.05, 4.69) is 0 Å². The number of alkyl halides is 6. The highest BCUT2D eigenvalue weighted by atomic mass is 19.4. The van der Waals surface area contributed by atoms with Gasteiger partial charge in [0.15, 0.2) is 0 Å². The summed E-state index contributed by atoms with van der Waals surface area (Å²) in [6, 6.07) is 3.36. The van der Waals surface area contributed by atoms with Crippen molar-refractivity contribution in [2.24, 2.45) is 5.73 Å². The number of rotatable bonds is 4. The molecule has 1 heterocycles. The molecule has 0 bridgehead atoms. The zero-order valence-corrected chi connectivity index (χ0v) is 19.4. The van der Waals surface area contributed by atoms with Crippen LogP contribution in [-0.2, 0) is 21.9 Å². The van der Waals surface area contributed by atoms with Crippen molar-refractivity contribution in [2.75, 3.05) is 4.90 Å². The molecule has 0 aliphatic carbocycles. The molecule has 2 amide bonds. The Kier molecular flexibility index (Phi) is 7.29. The fourth-order valence-electron chi connectivity index (χ4n) is 4.48. The second kappa shape index (κ2) is 9.62. The minimum absolute atomic E-state index is 0.0311. The Morgan fingerprint density at radius 2 is 1.56 bits per heavy atom. The van der Waals surface area contributed by atoms with Crippen LogP contribution in [0.4, 0.5) is 41.2 Å². The molecule has 1 aliphatic heterocycles. The normalized spacial score (nSPS) is 19.1. The molecule has 0 saturated carbocycles. The summed E-state index contributed by atoms with van der Waals surface area (Å²) in [5, 5.41) is 0. The molecule has 0 aromatic heterocycles. The SMILES string of the molecule is CC(C)OC(=O)N1c2ccc(F)cc2[C@@H](C(C(N)=O)c2cc(C(F)(F)F)cc(C(F)(F)F)c2)C[C@H]1C. The van der Waals surface area contributed by atoms with Crippen molar-refractivity contribution in [3.63, 3.8) is 0 Å². The molecular formula is C24H23F7N2O3. The topological polar surface area (TPSA) is 72.6 Å². The summed E-state index contributed by atoms with van der Waals surface area (Å²) in [5.41, 5.74) is 1.83. The fourth-order valence-corrected chi connectivity index (χ4v) is 4.48. The molecule has 2 aromatic carbocycles. The standard InChI is InChI=1S/C24H23F7N2O3/c1-11(2)36-22(35)33-12(3)6-18(17-10-16(25)4-5-19(17)33)20(21(32)34)13-7-14(23(26,27)28)9-15(8-13)24(29,30)31/h4-5,7-12,18,20H,6H2,1-3H3,(H2,32,34)/t12-,18+,20?/m1/s1. The molecule has 1 unspecified atom stereocenters. The van der Waals surface area contributed by atoms with Gasteiger partial charge in [0.2, 0.25) is 5.91 Å². The van der Waals surface area contributed by atoms with Crippen molar-refractivity contribution in [3.8, 4) is 0 Å². The van der Waals surface area contributed by atoms with Gasteiger partial charge in [-0.15, -0.1) is 0 Å². The van der Waals surface area contributed by atoms with E-state index in [1.807, 2.05) is 0 Å². The Morgan fingerprint density at radius 3 is 2.03 bits per heavy atom. The Bertz CT molecular complexity index is 1130. The fraction of sp³-hybridized carbons (Fsp3) is 0.417. The Labute approximate surface area is 202 Å². The summed E-state index contributed by atoms with van der Waals surface area (Å²) in [6.45, 7) is 4.78. The van der Waals surface area contributed by atoms with Crippen LogP contribution in [0.25, 0.3) is 0 Å². The van der Waals surface area contributed by atoms with Gasteiger partial charge in [-0.2, -0.15) is 26.3 Å². The van der Waals surface area contributed by atoms with Crippen LogP contribution in [0.1, 0.15) is 61.3 Å². The lowest BCUT2D eigenvalue weighted by molar-refractivity contribution is -0.143. The molecule has 5 nitrogen and oxygen atoms in total. The third kappa shape index (κ3) is 5.57. The third-order valence-corrected chi connectivity index (χ3v) is 5.90. The number of fused-ring (bicyclic) bond motifs is 1. The van der Waals surface area contributed by atoms with E-state index in [1.54, 1.807) is 20.8 Å². The van der Waals surface area contributed by atoms with Gasteiger partial charge < -0.3 is 10.5 Å². The van der Waals surface area contributed by atoms with Gasteiger partial charge in [-0.3, -0.25) is 9.69 Å². The summed E-state index contributed by atoms with van der Waals surface area (Å²) in [6.07, 6.45) is -11.7. The van der Waals surface area contributed by atoms with Crippen LogP contribution < -0.4 is 10.6 Å². The maximum absolute atomic E-state index is 14.3. The second-order valence-corrected chi connectivity index (χ2v) is 8.92. The maximum Gasteiger partial charge on any atom is 0.416 e. The molecule has 36 heavy (non-hydrogen) atoms. The van der Waals surface area contributed by atoms with Gasteiger partial charge in [-0.05, 0) is 74.7 Å². The number of hydrogen-bond donors (Lipinski definition) is 1. The molecule has 1 aliphatic rings. The number of halogens is 7. The van der Waals surface area contributed by atoms with E-state index in [0.717, 1.165) is 12.1 Å². The highest BCUT2D eigenvalue weighted by Crippen LogP contribution is 2.48. The van der Waals surface area contributed by atoms with Crippen LogP contribution in [0.5, 0.6) is 0 Å². The Morgan fingerprint density at radius 1 is 1.00 bits per heavy atom. The van der Waals surface area contributed by atoms with Gasteiger partial charge in [0.05, 0.1) is 28.8 Å². The van der Waals surface area contributed by atoms with Gasteiger partial charge in [-0.1, -0.05) is 0 Å². The Balaban J connectivity index is 2.22. The number of nitrogens with two attached hydrogens (primary N) is 1. The van der Waals surface area contributed by atoms with Crippen LogP contribution in [0.2, 0.25) is 0 Å². The van der Waals surface area contributed by atoms with Crippen LogP contribution in [0, 0.1) is 5.82 Å². The molecule has 0 fully saturated rings. The molecule has 3 rings (SSSR count). The first kappa shape index (κ1) is 27.3. The van der Waals surface area contributed by atoms with E-state index in [1.165, 1.54) is 11.0 Å². The van der Waals surface area contributed by atoms with Crippen molar-refractivity contribution < 1.29 is 45.1 Å². The summed E-state index contributed by atoms with van der Waals surface area (Å²) in [5.74, 6) is -4.79. The van der Waals surface area contributed by atoms with Gasteiger partial charge in [-0.25, -0.2) is 9.18 Å². The first-order valence-corrected chi connectivity index (χ1v) is 10.9. The van der Waals surface area contributed by atoms with Crippen molar-refractivity contribution in [1.29, 1.82) is 0 Å². The number of nitrogens with zero attached hydrogens (tertiary/aromatic N) is 1. The molecule has 2 N–H and O–H groups in total. The number of hydrogen-bond acceptors (Lipinski definition) is 3. The van der Waals surface area contributed by atoms with Crippen molar-refractivity contribution in [2.45, 2.75) is 63.5 Å². The smallest absolute Gasteiger partial charge is 0.416 e. The number of anilines is 1. The summed E-state index contributed by atoms with van der Waals surface area (Å²) < 4.78 is 100. The second-order valence-electron chi connectivity index (χ2n) is 8.92. The van der Waals surface area contributed by atoms with E-state index >= 15 is 0 Å². The Hall–Kier alpha value is -3.31. The van der Waals surface area contributed by atoms with Crippen molar-refractivity contribution in [1.82, 2.24) is 0 Å². The number of carbonyl (C=O) groups is 2. The van der Waals surface area contributed by atoms with Gasteiger partial charge in [0, 0.05) is 12.0 Å². The number of ether oxygens (including phenoxy) is 1.